The SMILES string of the molecule is COC(=O)c1ccc(CNC(=O)C[C@@H]2CCC[C@H]2N)o1.Cl. The van der Waals surface area contributed by atoms with Crippen molar-refractivity contribution in [2.24, 2.45) is 11.7 Å². The van der Waals surface area contributed by atoms with Crippen molar-refractivity contribution in [1.82, 2.24) is 5.32 Å². The summed E-state index contributed by atoms with van der Waals surface area (Å²) in [7, 11) is 1.29. The summed E-state index contributed by atoms with van der Waals surface area (Å²) in [5.74, 6) is 0.365. The average Bonchev–Trinajstić information content (AvgIpc) is 3.06. The van der Waals surface area contributed by atoms with E-state index in [9.17, 15) is 9.59 Å². The normalized spacial score (nSPS) is 20.7. The van der Waals surface area contributed by atoms with Crippen LogP contribution in [0.5, 0.6) is 0 Å². The number of furan rings is 1. The minimum Gasteiger partial charge on any atom is -0.463 e. The zero-order valence-electron chi connectivity index (χ0n) is 12.0. The molecule has 1 fully saturated rings. The van der Waals surface area contributed by atoms with Crippen LogP contribution >= 0.6 is 12.4 Å². The van der Waals surface area contributed by atoms with Crippen LogP contribution in [0.2, 0.25) is 0 Å². The maximum absolute atomic E-state index is 11.8. The van der Waals surface area contributed by atoms with Crippen LogP contribution < -0.4 is 11.1 Å². The summed E-state index contributed by atoms with van der Waals surface area (Å²) >= 11 is 0. The first-order chi connectivity index (χ1) is 9.60. The molecule has 6 nitrogen and oxygen atoms in total. The number of carbonyl (C=O) groups is 2. The lowest BCUT2D eigenvalue weighted by atomic mass is 10.00. The number of nitrogens with two attached hydrogens (primary N) is 1. The molecule has 1 aliphatic carbocycles. The van der Waals surface area contributed by atoms with Crippen molar-refractivity contribution in [3.05, 3.63) is 23.7 Å². The minimum atomic E-state index is -0.528. The smallest absolute Gasteiger partial charge is 0.373 e. The van der Waals surface area contributed by atoms with Gasteiger partial charge in [0.15, 0.2) is 0 Å². The Hall–Kier alpha value is -1.53. The molecule has 0 aliphatic heterocycles. The van der Waals surface area contributed by atoms with E-state index in [0.29, 0.717) is 12.2 Å². The first kappa shape index (κ1) is 17.5. The molecule has 2 atom stereocenters. The molecule has 0 bridgehead atoms. The van der Waals surface area contributed by atoms with Gasteiger partial charge in [0.2, 0.25) is 11.7 Å². The lowest BCUT2D eigenvalue weighted by molar-refractivity contribution is -0.122. The third-order valence-corrected chi connectivity index (χ3v) is 3.67. The van der Waals surface area contributed by atoms with Crippen LogP contribution in [0, 0.1) is 5.92 Å². The fourth-order valence-electron chi connectivity index (χ4n) is 2.50. The highest BCUT2D eigenvalue weighted by Crippen LogP contribution is 2.26. The number of nitrogens with one attached hydrogen (secondary N) is 1. The van der Waals surface area contributed by atoms with Crippen LogP contribution in [0.4, 0.5) is 0 Å². The van der Waals surface area contributed by atoms with Crippen molar-refractivity contribution in [2.75, 3.05) is 7.11 Å². The molecule has 118 valence electrons. The largest absolute Gasteiger partial charge is 0.463 e. The van der Waals surface area contributed by atoms with Crippen molar-refractivity contribution in [1.29, 1.82) is 0 Å². The van der Waals surface area contributed by atoms with Crippen molar-refractivity contribution in [3.63, 3.8) is 0 Å². The Bertz CT molecular complexity index is 489. The van der Waals surface area contributed by atoms with Crippen LogP contribution in [0.3, 0.4) is 0 Å². The first-order valence-electron chi connectivity index (χ1n) is 6.79. The molecular formula is C14H21ClN2O4. The topological polar surface area (TPSA) is 94.6 Å². The summed E-state index contributed by atoms with van der Waals surface area (Å²) in [6, 6.07) is 3.31. The lowest BCUT2D eigenvalue weighted by Gasteiger charge is -2.14. The Morgan fingerprint density at radius 2 is 2.19 bits per heavy atom. The average molecular weight is 317 g/mol. The Kier molecular flexibility index (Phi) is 6.71. The molecule has 1 aliphatic rings. The van der Waals surface area contributed by atoms with E-state index in [-0.39, 0.29) is 42.6 Å². The molecule has 1 aromatic rings. The number of methoxy groups -OCH3 is 1. The third-order valence-electron chi connectivity index (χ3n) is 3.67. The summed E-state index contributed by atoms with van der Waals surface area (Å²) in [6.07, 6.45) is 3.56. The summed E-state index contributed by atoms with van der Waals surface area (Å²) in [5.41, 5.74) is 5.94. The number of carbonyl (C=O) groups excluding carboxylic acids is 2. The van der Waals surface area contributed by atoms with Crippen molar-refractivity contribution in [2.45, 2.75) is 38.3 Å². The second-order valence-corrected chi connectivity index (χ2v) is 5.09. The summed E-state index contributed by atoms with van der Waals surface area (Å²) in [6.45, 7) is 0.262. The van der Waals surface area contributed by atoms with Gasteiger partial charge >= 0.3 is 5.97 Å². The molecule has 0 unspecified atom stereocenters. The van der Waals surface area contributed by atoms with Gasteiger partial charge in [-0.2, -0.15) is 0 Å². The Labute approximate surface area is 129 Å². The van der Waals surface area contributed by atoms with E-state index >= 15 is 0 Å². The monoisotopic (exact) mass is 316 g/mol. The van der Waals surface area contributed by atoms with Crippen LogP contribution in [0.25, 0.3) is 0 Å². The molecular weight excluding hydrogens is 296 g/mol. The van der Waals surface area contributed by atoms with Crippen molar-refractivity contribution in [3.8, 4) is 0 Å². The molecule has 0 saturated heterocycles. The molecule has 2 rings (SSSR count). The predicted molar refractivity (Wildman–Crippen MR) is 79.1 cm³/mol. The number of amides is 1. The van der Waals surface area contributed by atoms with E-state index in [0.717, 1.165) is 19.3 Å². The third kappa shape index (κ3) is 4.75. The Morgan fingerprint density at radius 1 is 1.43 bits per heavy atom. The number of hydrogen-bond acceptors (Lipinski definition) is 5. The van der Waals surface area contributed by atoms with Gasteiger partial charge in [0.25, 0.3) is 0 Å². The number of rotatable bonds is 5. The lowest BCUT2D eigenvalue weighted by Crippen LogP contribution is -2.31. The van der Waals surface area contributed by atoms with E-state index < -0.39 is 5.97 Å². The highest BCUT2D eigenvalue weighted by molar-refractivity contribution is 5.86. The Morgan fingerprint density at radius 3 is 2.81 bits per heavy atom. The van der Waals surface area contributed by atoms with E-state index in [1.54, 1.807) is 6.07 Å². The zero-order valence-corrected chi connectivity index (χ0v) is 12.8. The maximum Gasteiger partial charge on any atom is 0.373 e. The van der Waals surface area contributed by atoms with Gasteiger partial charge in [-0.3, -0.25) is 4.79 Å². The molecule has 7 heteroatoms. The van der Waals surface area contributed by atoms with Crippen molar-refractivity contribution >= 4 is 24.3 Å². The quantitative estimate of drug-likeness (QED) is 0.805. The predicted octanol–water partition coefficient (Wildman–Crippen LogP) is 1.62. The van der Waals surface area contributed by atoms with E-state index in [1.165, 1.54) is 13.2 Å². The second-order valence-electron chi connectivity index (χ2n) is 5.09. The Balaban J connectivity index is 0.00000220. The van der Waals surface area contributed by atoms with Gasteiger partial charge in [-0.1, -0.05) is 6.42 Å². The molecule has 21 heavy (non-hydrogen) atoms. The highest BCUT2D eigenvalue weighted by Gasteiger charge is 2.25. The van der Waals surface area contributed by atoms with Gasteiger partial charge in [0.05, 0.1) is 13.7 Å². The van der Waals surface area contributed by atoms with E-state index in [4.69, 9.17) is 10.2 Å². The van der Waals surface area contributed by atoms with Crippen LogP contribution in [0.15, 0.2) is 16.5 Å². The van der Waals surface area contributed by atoms with Crippen LogP contribution in [0.1, 0.15) is 42.0 Å². The van der Waals surface area contributed by atoms with Gasteiger partial charge in [0.1, 0.15) is 5.76 Å². The molecule has 1 aromatic heterocycles. The molecule has 0 spiro atoms. The van der Waals surface area contributed by atoms with Gasteiger partial charge in [-0.25, -0.2) is 4.79 Å². The number of ether oxygens (including phenoxy) is 1. The molecule has 1 amide bonds. The molecule has 0 aromatic carbocycles. The zero-order chi connectivity index (χ0) is 14.5. The minimum absolute atomic E-state index is 0. The molecule has 0 radical (unpaired) electrons. The van der Waals surface area contributed by atoms with Gasteiger partial charge in [-0.05, 0) is 30.9 Å². The van der Waals surface area contributed by atoms with Crippen molar-refractivity contribution < 1.29 is 18.7 Å². The fourth-order valence-corrected chi connectivity index (χ4v) is 2.50. The molecule has 3 N–H and O–H groups in total. The number of esters is 1. The summed E-state index contributed by atoms with van der Waals surface area (Å²) in [5, 5.41) is 2.78. The van der Waals surface area contributed by atoms with Crippen LogP contribution in [-0.4, -0.2) is 25.0 Å². The van der Waals surface area contributed by atoms with Gasteiger partial charge in [-0.15, -0.1) is 12.4 Å². The maximum atomic E-state index is 11.8. The van der Waals surface area contributed by atoms with E-state index in [1.807, 2.05) is 0 Å². The standard InChI is InChI=1S/C14H20N2O4.ClH/c1-19-14(18)12-6-5-10(20-12)8-16-13(17)7-9-3-2-4-11(9)15;/h5-6,9,11H,2-4,7-8,15H2,1H3,(H,16,17);1H/t9-,11+;/m0./s1. The first-order valence-corrected chi connectivity index (χ1v) is 6.79. The van der Waals surface area contributed by atoms with Gasteiger partial charge in [0, 0.05) is 12.5 Å². The molecule has 1 saturated carbocycles. The van der Waals surface area contributed by atoms with Gasteiger partial charge < -0.3 is 20.2 Å². The second kappa shape index (κ2) is 8.05. The summed E-state index contributed by atoms with van der Waals surface area (Å²) < 4.78 is 9.81. The summed E-state index contributed by atoms with van der Waals surface area (Å²) in [4.78, 5) is 23.0. The highest BCUT2D eigenvalue weighted by atomic mass is 35.5. The van der Waals surface area contributed by atoms with E-state index in [2.05, 4.69) is 10.1 Å². The number of hydrogen-bond donors (Lipinski definition) is 2. The molecule has 1 heterocycles. The number of halogens is 1. The fraction of sp³-hybridized carbons (Fsp3) is 0.571. The van der Waals surface area contributed by atoms with Crippen LogP contribution in [-0.2, 0) is 16.1 Å².